The van der Waals surface area contributed by atoms with E-state index in [1.165, 1.54) is 11.1 Å². The van der Waals surface area contributed by atoms with Gasteiger partial charge in [0.05, 0.1) is 16.6 Å². The Morgan fingerprint density at radius 2 is 1.44 bits per heavy atom. The number of hydrogen-bond acceptors (Lipinski definition) is 4. The van der Waals surface area contributed by atoms with Gasteiger partial charge in [-0.1, -0.05) is 68.4 Å². The molecule has 0 bridgehead atoms. The Hall–Kier alpha value is -4.12. The van der Waals surface area contributed by atoms with Crippen molar-refractivity contribution in [1.29, 1.82) is 0 Å². The van der Waals surface area contributed by atoms with Crippen molar-refractivity contribution in [1.82, 2.24) is 9.55 Å². The lowest BCUT2D eigenvalue weighted by Crippen LogP contribution is -2.17. The summed E-state index contributed by atoms with van der Waals surface area (Å²) in [6.45, 7) is 19.1. The largest absolute Gasteiger partial charge is 0.475 e. The summed E-state index contributed by atoms with van der Waals surface area (Å²) in [6, 6.07) is 23.1. The van der Waals surface area contributed by atoms with Crippen LogP contribution in [-0.2, 0) is 21.0 Å². The normalized spacial score (nSPS) is 18.8. The molecule has 234 valence electrons. The van der Waals surface area contributed by atoms with Gasteiger partial charge in [-0.15, -0.1) is 0 Å². The summed E-state index contributed by atoms with van der Waals surface area (Å²) in [4.78, 5) is 9.42. The first kappa shape index (κ1) is 27.2. The molecule has 0 saturated carbocycles. The molecule has 0 spiro atoms. The Labute approximate surface area is 272 Å². The number of hydrogen-bond donors (Lipinski definition) is 0. The topological polar surface area (TPSA) is 48.6 Å². The van der Waals surface area contributed by atoms with Gasteiger partial charge in [-0.05, 0) is 101 Å². The van der Waals surface area contributed by atoms with Gasteiger partial charge in [-0.25, -0.2) is 9.98 Å². The van der Waals surface area contributed by atoms with E-state index in [1.807, 2.05) is 30.5 Å². The second kappa shape index (κ2) is 10.5. The molecule has 2 aromatic heterocycles. The molecule has 1 atom stereocenters. The summed E-state index contributed by atoms with van der Waals surface area (Å²) in [6.07, 6.45) is 1.89. The lowest BCUT2D eigenvalue weighted by molar-refractivity contribution is 0.279. The van der Waals surface area contributed by atoms with E-state index < -0.39 is 12.4 Å². The van der Waals surface area contributed by atoms with Crippen LogP contribution in [0, 0.1) is 0 Å². The molecule has 0 fully saturated rings. The minimum atomic E-state index is -2.28. The van der Waals surface area contributed by atoms with Crippen molar-refractivity contribution in [3.05, 3.63) is 95.2 Å². The van der Waals surface area contributed by atoms with Crippen LogP contribution in [-0.4, -0.2) is 27.6 Å². The minimum absolute atomic E-state index is 0.000102. The van der Waals surface area contributed by atoms with Crippen LogP contribution in [0.1, 0.15) is 102 Å². The standard InChI is InChI=1S/C40H47N3O2/c1-37(2,3)26-12-15-33-32(21-26)31-14-13-29(23-34(31)43(33)35-22-27(16-17-41-35)38(4,5)6)45-30-19-25(18-28(20-30)39(7,8)9)36-42-40(10,11)24-44-36/h12-23H,24H2,1-11H3/i10D3/t40-/m0/s1. The van der Waals surface area contributed by atoms with E-state index in [0.717, 1.165) is 33.2 Å². The predicted octanol–water partition coefficient (Wildman–Crippen LogP) is 10.4. The molecule has 3 heterocycles. The summed E-state index contributed by atoms with van der Waals surface area (Å²) in [5, 5.41) is 2.28. The molecule has 0 radical (unpaired) electrons. The molecule has 6 rings (SSSR count). The smallest absolute Gasteiger partial charge is 0.216 e. The second-order valence-electron chi connectivity index (χ2n) is 15.7. The number of aromatic nitrogens is 2. The summed E-state index contributed by atoms with van der Waals surface area (Å²) in [5.41, 5.74) is 4.74. The lowest BCUT2D eigenvalue weighted by atomic mass is 9.86. The van der Waals surface area contributed by atoms with E-state index in [1.54, 1.807) is 6.92 Å². The average Bonchev–Trinajstić information content (AvgIpc) is 3.54. The van der Waals surface area contributed by atoms with Crippen molar-refractivity contribution in [3.8, 4) is 17.3 Å². The number of fused-ring (bicyclic) bond motifs is 3. The van der Waals surface area contributed by atoms with Crippen LogP contribution in [0.4, 0.5) is 0 Å². The lowest BCUT2D eigenvalue weighted by Gasteiger charge is -2.21. The van der Waals surface area contributed by atoms with Crippen molar-refractivity contribution >= 4 is 27.7 Å². The molecule has 0 N–H and O–H groups in total. The SMILES string of the molecule is [2H]C([2H])([2H])[C@]1(C)COC(c2cc(Oc3ccc4c5cc(C(C)(C)C)ccc5n(-c5cc(C(C)(C)C)ccn5)c4c3)cc(C(C)(C)C)c2)=N1. The number of ether oxygens (including phenoxy) is 2. The summed E-state index contributed by atoms with van der Waals surface area (Å²) in [7, 11) is 0. The fraction of sp³-hybridized carbons (Fsp3) is 0.400. The van der Waals surface area contributed by atoms with Crippen LogP contribution in [0.3, 0.4) is 0 Å². The maximum atomic E-state index is 8.00. The highest BCUT2D eigenvalue weighted by molar-refractivity contribution is 6.09. The molecular formula is C40H47N3O2. The Balaban J connectivity index is 1.51. The van der Waals surface area contributed by atoms with Crippen molar-refractivity contribution in [2.75, 3.05) is 6.61 Å². The van der Waals surface area contributed by atoms with Crippen LogP contribution in [0.25, 0.3) is 27.6 Å². The van der Waals surface area contributed by atoms with Gasteiger partial charge in [0.1, 0.15) is 23.9 Å². The van der Waals surface area contributed by atoms with Crippen LogP contribution >= 0.6 is 0 Å². The number of nitrogens with zero attached hydrogens (tertiary/aromatic N) is 3. The fourth-order valence-corrected chi connectivity index (χ4v) is 5.78. The number of aliphatic imine (C=N–C) groups is 1. The van der Waals surface area contributed by atoms with Gasteiger partial charge in [-0.3, -0.25) is 4.57 Å². The van der Waals surface area contributed by atoms with E-state index >= 15 is 0 Å². The van der Waals surface area contributed by atoms with Gasteiger partial charge < -0.3 is 9.47 Å². The summed E-state index contributed by atoms with van der Waals surface area (Å²) < 4.78 is 38.7. The highest BCUT2D eigenvalue weighted by Crippen LogP contribution is 2.39. The van der Waals surface area contributed by atoms with Crippen molar-refractivity contribution in [2.45, 2.75) is 97.9 Å². The van der Waals surface area contributed by atoms with E-state index in [9.17, 15) is 0 Å². The van der Waals surface area contributed by atoms with Gasteiger partial charge in [-0.2, -0.15) is 0 Å². The predicted molar refractivity (Wildman–Crippen MR) is 188 cm³/mol. The summed E-state index contributed by atoms with van der Waals surface area (Å²) in [5.74, 6) is 2.47. The van der Waals surface area contributed by atoms with Crippen LogP contribution < -0.4 is 4.74 Å². The van der Waals surface area contributed by atoms with E-state index in [0.29, 0.717) is 23.0 Å². The molecule has 3 aromatic carbocycles. The third-order valence-electron chi connectivity index (χ3n) is 8.54. The minimum Gasteiger partial charge on any atom is -0.475 e. The van der Waals surface area contributed by atoms with Crippen molar-refractivity contribution in [3.63, 3.8) is 0 Å². The number of rotatable bonds is 4. The van der Waals surface area contributed by atoms with Crippen LogP contribution in [0.5, 0.6) is 11.5 Å². The Morgan fingerprint density at radius 1 is 0.733 bits per heavy atom. The van der Waals surface area contributed by atoms with Gasteiger partial charge in [0, 0.05) is 32.7 Å². The van der Waals surface area contributed by atoms with Crippen molar-refractivity contribution in [2.24, 2.45) is 4.99 Å². The first-order valence-electron chi connectivity index (χ1n) is 17.3. The zero-order valence-corrected chi connectivity index (χ0v) is 28.3. The fourth-order valence-electron chi connectivity index (χ4n) is 5.78. The maximum Gasteiger partial charge on any atom is 0.216 e. The van der Waals surface area contributed by atoms with E-state index in [4.69, 9.17) is 18.6 Å². The summed E-state index contributed by atoms with van der Waals surface area (Å²) >= 11 is 0. The van der Waals surface area contributed by atoms with Gasteiger partial charge in [0.2, 0.25) is 5.90 Å². The van der Waals surface area contributed by atoms with E-state index in [-0.39, 0.29) is 22.9 Å². The molecule has 0 unspecified atom stereocenters. The molecule has 0 aliphatic carbocycles. The first-order chi connectivity index (χ1) is 22.1. The first-order valence-corrected chi connectivity index (χ1v) is 15.8. The van der Waals surface area contributed by atoms with Crippen molar-refractivity contribution < 1.29 is 13.6 Å². The zero-order valence-electron chi connectivity index (χ0n) is 31.3. The third kappa shape index (κ3) is 6.10. The number of benzene rings is 3. The molecular weight excluding hydrogens is 554 g/mol. The maximum absolute atomic E-state index is 8.00. The van der Waals surface area contributed by atoms with Crippen LogP contribution in [0.15, 0.2) is 77.9 Å². The Morgan fingerprint density at radius 3 is 2.11 bits per heavy atom. The average molecular weight is 605 g/mol. The Bertz CT molecular complexity index is 2070. The molecule has 5 nitrogen and oxygen atoms in total. The molecule has 5 heteroatoms. The Kier molecular flexibility index (Phi) is 6.33. The highest BCUT2D eigenvalue weighted by Gasteiger charge is 2.28. The molecule has 1 aliphatic rings. The molecule has 5 aromatic rings. The monoisotopic (exact) mass is 604 g/mol. The van der Waals surface area contributed by atoms with Gasteiger partial charge in [0.15, 0.2) is 0 Å². The van der Waals surface area contributed by atoms with Gasteiger partial charge in [0.25, 0.3) is 0 Å². The molecule has 1 aliphatic heterocycles. The quantitative estimate of drug-likeness (QED) is 0.205. The zero-order chi connectivity index (χ0) is 35.0. The number of pyridine rings is 1. The second-order valence-corrected chi connectivity index (χ2v) is 15.7. The van der Waals surface area contributed by atoms with E-state index in [2.05, 4.69) is 114 Å². The van der Waals surface area contributed by atoms with Crippen LogP contribution in [0.2, 0.25) is 0 Å². The third-order valence-corrected chi connectivity index (χ3v) is 8.54. The molecule has 0 amide bonds. The highest BCUT2D eigenvalue weighted by atomic mass is 16.5. The molecule has 0 saturated heterocycles. The molecule has 45 heavy (non-hydrogen) atoms. The van der Waals surface area contributed by atoms with Gasteiger partial charge >= 0.3 is 0 Å².